The monoisotopic (exact) mass is 230 g/mol. The van der Waals surface area contributed by atoms with E-state index >= 15 is 0 Å². The van der Waals surface area contributed by atoms with Gasteiger partial charge in [0.15, 0.2) is 6.29 Å². The predicted octanol–water partition coefficient (Wildman–Crippen LogP) is -0.998. The van der Waals surface area contributed by atoms with Crippen molar-refractivity contribution >= 4 is 0 Å². The number of epoxide rings is 1. The van der Waals surface area contributed by atoms with Gasteiger partial charge in [-0.15, -0.1) is 0 Å². The Bertz CT molecular complexity index is 272. The number of aliphatic hydroxyl groups is 4. The first-order valence-electron chi connectivity index (χ1n) is 5.54. The van der Waals surface area contributed by atoms with E-state index in [-0.39, 0.29) is 31.3 Å². The summed E-state index contributed by atoms with van der Waals surface area (Å²) in [6, 6.07) is 0. The number of hydrogen-bond acceptors (Lipinski definition) is 5. The molecule has 1 saturated heterocycles. The number of aliphatic hydroxyl groups excluding tert-OH is 3. The molecule has 3 atom stereocenters. The Morgan fingerprint density at radius 1 is 1.31 bits per heavy atom. The molecule has 5 nitrogen and oxygen atoms in total. The van der Waals surface area contributed by atoms with E-state index in [1.54, 1.807) is 6.08 Å². The fraction of sp³-hybridized carbons (Fsp3) is 0.818. The Morgan fingerprint density at radius 2 is 2.00 bits per heavy atom. The van der Waals surface area contributed by atoms with Crippen LogP contribution in [0.15, 0.2) is 12.2 Å². The maximum absolute atomic E-state index is 9.44. The van der Waals surface area contributed by atoms with Crippen molar-refractivity contribution in [3.05, 3.63) is 12.2 Å². The first kappa shape index (κ1) is 12.0. The molecular formula is C11H18O5. The standard InChI is InChI=1S/C11H18O5/c12-5-11(6-13)4-3-8-10(16-8)7(11)1-2-9(14)15/h1-2,7-10,12-15H,3-6H2. The largest absolute Gasteiger partial charge is 0.396 e. The molecule has 16 heavy (non-hydrogen) atoms. The van der Waals surface area contributed by atoms with Gasteiger partial charge in [0.05, 0.1) is 25.4 Å². The molecule has 0 bridgehead atoms. The highest BCUT2D eigenvalue weighted by atomic mass is 16.6. The van der Waals surface area contributed by atoms with Crippen molar-refractivity contribution in [2.45, 2.75) is 31.3 Å². The molecule has 1 saturated carbocycles. The summed E-state index contributed by atoms with van der Waals surface area (Å²) in [6.45, 7) is -0.237. The molecule has 3 unspecified atom stereocenters. The molecule has 5 heteroatoms. The molecule has 0 aromatic rings. The smallest absolute Gasteiger partial charge is 0.171 e. The van der Waals surface area contributed by atoms with Crippen molar-refractivity contribution in [2.24, 2.45) is 11.3 Å². The van der Waals surface area contributed by atoms with Crippen LogP contribution in [0.25, 0.3) is 0 Å². The van der Waals surface area contributed by atoms with Crippen LogP contribution >= 0.6 is 0 Å². The lowest BCUT2D eigenvalue weighted by atomic mass is 9.67. The van der Waals surface area contributed by atoms with E-state index in [4.69, 9.17) is 14.9 Å². The number of hydrogen-bond donors (Lipinski definition) is 4. The molecule has 4 N–H and O–H groups in total. The number of rotatable bonds is 4. The second-order valence-electron chi connectivity index (χ2n) is 4.68. The van der Waals surface area contributed by atoms with Crippen LogP contribution < -0.4 is 0 Å². The van der Waals surface area contributed by atoms with Crippen molar-refractivity contribution in [1.29, 1.82) is 0 Å². The van der Waals surface area contributed by atoms with Gasteiger partial charge in [-0.05, 0) is 18.9 Å². The van der Waals surface area contributed by atoms with Crippen LogP contribution in [0.4, 0.5) is 0 Å². The molecule has 2 rings (SSSR count). The Morgan fingerprint density at radius 3 is 2.56 bits per heavy atom. The molecule has 2 aliphatic rings. The van der Waals surface area contributed by atoms with E-state index < -0.39 is 11.7 Å². The summed E-state index contributed by atoms with van der Waals surface area (Å²) in [5.41, 5.74) is -0.594. The summed E-state index contributed by atoms with van der Waals surface area (Å²) in [5, 5.41) is 36.5. The maximum Gasteiger partial charge on any atom is 0.171 e. The first-order valence-corrected chi connectivity index (χ1v) is 5.54. The molecule has 0 aromatic heterocycles. The van der Waals surface area contributed by atoms with E-state index in [0.717, 1.165) is 6.42 Å². The predicted molar refractivity (Wildman–Crippen MR) is 55.4 cm³/mol. The highest BCUT2D eigenvalue weighted by molar-refractivity contribution is 5.12. The molecule has 1 aliphatic heterocycles. The minimum Gasteiger partial charge on any atom is -0.396 e. The third-order valence-electron chi connectivity index (χ3n) is 3.73. The van der Waals surface area contributed by atoms with Gasteiger partial charge in [0, 0.05) is 11.3 Å². The summed E-state index contributed by atoms with van der Waals surface area (Å²) in [6.07, 6.45) is 3.14. The van der Waals surface area contributed by atoms with Gasteiger partial charge in [-0.1, -0.05) is 6.08 Å². The van der Waals surface area contributed by atoms with Gasteiger partial charge in [0.1, 0.15) is 0 Å². The number of ether oxygens (including phenoxy) is 1. The second-order valence-corrected chi connectivity index (χ2v) is 4.68. The van der Waals surface area contributed by atoms with Crippen molar-refractivity contribution in [2.75, 3.05) is 13.2 Å². The fourth-order valence-electron chi connectivity index (χ4n) is 2.60. The minimum absolute atomic E-state index is 0.00282. The molecule has 0 amide bonds. The Hall–Kier alpha value is -0.460. The zero-order valence-corrected chi connectivity index (χ0v) is 8.99. The third kappa shape index (κ3) is 2.01. The highest BCUT2D eigenvalue weighted by Crippen LogP contribution is 2.50. The Kier molecular flexibility index (Phi) is 3.32. The van der Waals surface area contributed by atoms with Crippen LogP contribution in [-0.4, -0.2) is 52.1 Å². The molecule has 0 spiro atoms. The lowest BCUT2D eigenvalue weighted by Gasteiger charge is -2.38. The normalized spacial score (nSPS) is 36.7. The Balaban J connectivity index is 2.15. The summed E-state index contributed by atoms with van der Waals surface area (Å²) >= 11 is 0. The summed E-state index contributed by atoms with van der Waals surface area (Å²) in [5.74, 6) is -0.150. The molecular weight excluding hydrogens is 212 g/mol. The lowest BCUT2D eigenvalue weighted by Crippen LogP contribution is -2.43. The van der Waals surface area contributed by atoms with E-state index in [0.29, 0.717) is 6.42 Å². The number of fused-ring (bicyclic) bond motifs is 1. The van der Waals surface area contributed by atoms with Crippen molar-refractivity contribution in [1.82, 2.24) is 0 Å². The molecule has 1 aliphatic carbocycles. The molecule has 2 fully saturated rings. The molecule has 0 radical (unpaired) electrons. The van der Waals surface area contributed by atoms with Gasteiger partial charge in [-0.2, -0.15) is 0 Å². The summed E-state index contributed by atoms with van der Waals surface area (Å²) < 4.78 is 5.44. The maximum atomic E-state index is 9.44. The third-order valence-corrected chi connectivity index (χ3v) is 3.73. The van der Waals surface area contributed by atoms with Crippen molar-refractivity contribution < 1.29 is 25.2 Å². The summed E-state index contributed by atoms with van der Waals surface area (Å²) in [4.78, 5) is 0. The van der Waals surface area contributed by atoms with Crippen LogP contribution in [-0.2, 0) is 4.74 Å². The zero-order chi connectivity index (χ0) is 11.8. The quantitative estimate of drug-likeness (QED) is 0.282. The van der Waals surface area contributed by atoms with Crippen molar-refractivity contribution in [3.8, 4) is 0 Å². The van der Waals surface area contributed by atoms with Gasteiger partial charge >= 0.3 is 0 Å². The van der Waals surface area contributed by atoms with Gasteiger partial charge in [0.2, 0.25) is 0 Å². The van der Waals surface area contributed by atoms with Gasteiger partial charge in [0.25, 0.3) is 0 Å². The Labute approximate surface area is 94.0 Å². The van der Waals surface area contributed by atoms with Gasteiger partial charge in [-0.25, -0.2) is 0 Å². The zero-order valence-electron chi connectivity index (χ0n) is 8.99. The average Bonchev–Trinajstić information content (AvgIpc) is 3.04. The fourth-order valence-corrected chi connectivity index (χ4v) is 2.60. The first-order chi connectivity index (χ1) is 7.63. The lowest BCUT2D eigenvalue weighted by molar-refractivity contribution is -0.00917. The highest BCUT2D eigenvalue weighted by Gasteiger charge is 2.56. The summed E-state index contributed by atoms with van der Waals surface area (Å²) in [7, 11) is 0. The average molecular weight is 230 g/mol. The SMILES string of the molecule is OCC1(CO)CCC2OC2C1C=CC(O)O. The van der Waals surface area contributed by atoms with Crippen LogP contribution in [0.5, 0.6) is 0 Å². The van der Waals surface area contributed by atoms with E-state index in [1.807, 2.05) is 0 Å². The van der Waals surface area contributed by atoms with E-state index in [1.165, 1.54) is 6.08 Å². The topological polar surface area (TPSA) is 93.5 Å². The minimum atomic E-state index is -1.51. The molecule has 1 heterocycles. The van der Waals surface area contributed by atoms with Crippen LogP contribution in [0.3, 0.4) is 0 Å². The van der Waals surface area contributed by atoms with Crippen LogP contribution in [0, 0.1) is 11.3 Å². The van der Waals surface area contributed by atoms with Crippen LogP contribution in [0.1, 0.15) is 12.8 Å². The molecule has 92 valence electrons. The van der Waals surface area contributed by atoms with Gasteiger partial charge in [-0.3, -0.25) is 0 Å². The van der Waals surface area contributed by atoms with Gasteiger partial charge < -0.3 is 25.2 Å². The van der Waals surface area contributed by atoms with E-state index in [9.17, 15) is 10.2 Å². The van der Waals surface area contributed by atoms with Crippen LogP contribution in [0.2, 0.25) is 0 Å². The molecule has 0 aromatic carbocycles. The van der Waals surface area contributed by atoms with E-state index in [2.05, 4.69) is 0 Å². The second kappa shape index (κ2) is 4.43. The van der Waals surface area contributed by atoms with Crippen molar-refractivity contribution in [3.63, 3.8) is 0 Å².